The van der Waals surface area contributed by atoms with Crippen molar-refractivity contribution in [3.05, 3.63) is 56.9 Å². The second-order valence-electron chi connectivity index (χ2n) is 4.77. The Kier molecular flexibility index (Phi) is 5.96. The molecule has 2 aromatic rings. The van der Waals surface area contributed by atoms with Gasteiger partial charge in [0.2, 0.25) is 9.84 Å². The Morgan fingerprint density at radius 2 is 1.72 bits per heavy atom. The quantitative estimate of drug-likeness (QED) is 0.700. The van der Waals surface area contributed by atoms with Gasteiger partial charge in [0.05, 0.1) is 29.7 Å². The van der Waals surface area contributed by atoms with E-state index < -0.39 is 14.7 Å². The molecular formula is C17H13Cl2NO4S. The number of benzene rings is 2. The van der Waals surface area contributed by atoms with Crippen molar-refractivity contribution in [3.8, 4) is 17.6 Å². The number of ether oxygens (including phenoxy) is 2. The molecule has 0 bridgehead atoms. The monoisotopic (exact) mass is 397 g/mol. The van der Waals surface area contributed by atoms with Crippen LogP contribution in [0.3, 0.4) is 0 Å². The molecule has 0 unspecified atom stereocenters. The van der Waals surface area contributed by atoms with Crippen LogP contribution in [0, 0.1) is 11.3 Å². The van der Waals surface area contributed by atoms with E-state index in [-0.39, 0.29) is 14.9 Å². The van der Waals surface area contributed by atoms with Crippen LogP contribution in [0.25, 0.3) is 6.08 Å². The smallest absolute Gasteiger partial charge is 0.218 e. The zero-order valence-corrected chi connectivity index (χ0v) is 15.6. The van der Waals surface area contributed by atoms with Gasteiger partial charge in [-0.05, 0) is 36.4 Å². The molecule has 130 valence electrons. The summed E-state index contributed by atoms with van der Waals surface area (Å²) < 4.78 is 36.1. The third kappa shape index (κ3) is 3.90. The largest absolute Gasteiger partial charge is 0.496 e. The first kappa shape index (κ1) is 19.1. The van der Waals surface area contributed by atoms with Crippen LogP contribution in [-0.2, 0) is 9.84 Å². The Balaban J connectivity index is 2.70. The van der Waals surface area contributed by atoms with E-state index in [9.17, 15) is 13.7 Å². The molecule has 0 amide bonds. The van der Waals surface area contributed by atoms with Gasteiger partial charge in [-0.1, -0.05) is 29.3 Å². The SMILES string of the molecule is COc1cccc(OC)c1C=C(C#N)S(=O)(=O)c1cc(Cl)ccc1Cl. The fraction of sp³-hybridized carbons (Fsp3) is 0.118. The topological polar surface area (TPSA) is 76.4 Å². The molecule has 0 atom stereocenters. The maximum absolute atomic E-state index is 12.8. The van der Waals surface area contributed by atoms with Crippen molar-refractivity contribution in [1.82, 2.24) is 0 Å². The fourth-order valence-electron chi connectivity index (χ4n) is 2.12. The lowest BCUT2D eigenvalue weighted by molar-refractivity contribution is 0.392. The number of rotatable bonds is 5. The summed E-state index contributed by atoms with van der Waals surface area (Å²) in [6.07, 6.45) is 1.18. The maximum Gasteiger partial charge on any atom is 0.218 e. The van der Waals surface area contributed by atoms with Crippen LogP contribution in [0.15, 0.2) is 46.2 Å². The summed E-state index contributed by atoms with van der Waals surface area (Å²) in [7, 11) is -1.32. The normalized spacial score (nSPS) is 11.7. The van der Waals surface area contributed by atoms with E-state index in [1.807, 2.05) is 0 Å². The van der Waals surface area contributed by atoms with Gasteiger partial charge < -0.3 is 9.47 Å². The number of hydrogen-bond acceptors (Lipinski definition) is 5. The number of allylic oxidation sites excluding steroid dienone is 1. The Morgan fingerprint density at radius 1 is 1.12 bits per heavy atom. The molecular weight excluding hydrogens is 385 g/mol. The van der Waals surface area contributed by atoms with Crippen molar-refractivity contribution in [2.45, 2.75) is 4.90 Å². The maximum atomic E-state index is 12.8. The average Bonchev–Trinajstić information content (AvgIpc) is 2.60. The predicted molar refractivity (Wildman–Crippen MR) is 96.8 cm³/mol. The van der Waals surface area contributed by atoms with Crippen molar-refractivity contribution in [3.63, 3.8) is 0 Å². The van der Waals surface area contributed by atoms with Crippen molar-refractivity contribution in [1.29, 1.82) is 5.26 Å². The third-order valence-electron chi connectivity index (χ3n) is 3.32. The molecule has 25 heavy (non-hydrogen) atoms. The van der Waals surface area contributed by atoms with E-state index in [2.05, 4.69) is 0 Å². The number of nitrogens with zero attached hydrogens (tertiary/aromatic N) is 1. The summed E-state index contributed by atoms with van der Waals surface area (Å²) in [6, 6.07) is 10.7. The predicted octanol–water partition coefficient (Wildman–Crippen LogP) is 4.35. The first-order chi connectivity index (χ1) is 11.8. The van der Waals surface area contributed by atoms with Crippen LogP contribution in [0.4, 0.5) is 0 Å². The lowest BCUT2D eigenvalue weighted by atomic mass is 10.1. The van der Waals surface area contributed by atoms with Crippen LogP contribution in [0.5, 0.6) is 11.5 Å². The molecule has 0 aliphatic heterocycles. The number of methoxy groups -OCH3 is 2. The highest BCUT2D eigenvalue weighted by molar-refractivity contribution is 7.95. The van der Waals surface area contributed by atoms with Crippen molar-refractivity contribution >= 4 is 39.1 Å². The van der Waals surface area contributed by atoms with E-state index in [0.717, 1.165) is 0 Å². The van der Waals surface area contributed by atoms with Gasteiger partial charge in [0.1, 0.15) is 22.5 Å². The Hall–Kier alpha value is -2.20. The molecule has 2 aromatic carbocycles. The number of sulfone groups is 1. The van der Waals surface area contributed by atoms with Gasteiger partial charge in [-0.15, -0.1) is 0 Å². The van der Waals surface area contributed by atoms with Gasteiger partial charge >= 0.3 is 0 Å². The standard InChI is InChI=1S/C17H13Cl2NO4S/c1-23-15-4-3-5-16(24-2)13(15)9-12(10-20)25(21,22)17-8-11(18)6-7-14(17)19/h3-9H,1-2H3. The molecule has 0 aliphatic carbocycles. The molecule has 0 saturated heterocycles. The van der Waals surface area contributed by atoms with Gasteiger partial charge in [-0.25, -0.2) is 8.42 Å². The van der Waals surface area contributed by atoms with Gasteiger partial charge in [0.25, 0.3) is 0 Å². The zero-order chi connectivity index (χ0) is 18.6. The van der Waals surface area contributed by atoms with E-state index in [0.29, 0.717) is 17.1 Å². The Morgan fingerprint density at radius 3 is 2.24 bits per heavy atom. The van der Waals surface area contributed by atoms with Gasteiger partial charge in [-0.2, -0.15) is 5.26 Å². The highest BCUT2D eigenvalue weighted by Crippen LogP contribution is 2.34. The molecule has 0 spiro atoms. The van der Waals surface area contributed by atoms with Crippen molar-refractivity contribution in [2.75, 3.05) is 14.2 Å². The lowest BCUT2D eigenvalue weighted by Crippen LogP contribution is -2.05. The molecule has 0 aliphatic rings. The summed E-state index contributed by atoms with van der Waals surface area (Å²) in [5.41, 5.74) is 0.325. The van der Waals surface area contributed by atoms with Gasteiger partial charge in [-0.3, -0.25) is 0 Å². The average molecular weight is 398 g/mol. The van der Waals surface area contributed by atoms with E-state index in [1.165, 1.54) is 38.5 Å². The molecule has 0 saturated carbocycles. The minimum absolute atomic E-state index is 0.0301. The number of hydrogen-bond donors (Lipinski definition) is 0. The van der Waals surface area contributed by atoms with Crippen molar-refractivity contribution in [2.24, 2.45) is 0 Å². The fourth-order valence-corrected chi connectivity index (χ4v) is 4.02. The van der Waals surface area contributed by atoms with Crippen LogP contribution in [0.2, 0.25) is 10.0 Å². The second-order valence-corrected chi connectivity index (χ2v) is 7.50. The second kappa shape index (κ2) is 7.79. The molecule has 2 rings (SSSR count). The van der Waals surface area contributed by atoms with Crippen molar-refractivity contribution < 1.29 is 17.9 Å². The summed E-state index contributed by atoms with van der Waals surface area (Å²) in [5, 5.41) is 9.58. The molecule has 5 nitrogen and oxygen atoms in total. The minimum Gasteiger partial charge on any atom is -0.496 e. The third-order valence-corrected chi connectivity index (χ3v) is 5.71. The first-order valence-electron chi connectivity index (χ1n) is 6.88. The number of nitriles is 1. The summed E-state index contributed by atoms with van der Waals surface area (Å²) in [4.78, 5) is -0.761. The molecule has 0 radical (unpaired) electrons. The molecule has 0 heterocycles. The van der Waals surface area contributed by atoms with Crippen LogP contribution >= 0.6 is 23.2 Å². The van der Waals surface area contributed by atoms with Gasteiger partial charge in [0.15, 0.2) is 0 Å². The van der Waals surface area contributed by atoms with Gasteiger partial charge in [0, 0.05) is 5.02 Å². The highest BCUT2D eigenvalue weighted by Gasteiger charge is 2.25. The molecule has 0 fully saturated rings. The highest BCUT2D eigenvalue weighted by atomic mass is 35.5. The number of halogens is 2. The van der Waals surface area contributed by atoms with Crippen LogP contribution in [0.1, 0.15) is 5.56 Å². The van der Waals surface area contributed by atoms with E-state index in [4.69, 9.17) is 32.7 Å². The summed E-state index contributed by atoms with van der Waals surface area (Å²) >= 11 is 11.8. The Bertz CT molecular complexity index is 956. The van der Waals surface area contributed by atoms with E-state index in [1.54, 1.807) is 24.3 Å². The molecule has 0 N–H and O–H groups in total. The molecule has 0 aromatic heterocycles. The zero-order valence-electron chi connectivity index (χ0n) is 13.3. The Labute approximate surface area is 155 Å². The first-order valence-corrected chi connectivity index (χ1v) is 9.12. The minimum atomic E-state index is -4.18. The van der Waals surface area contributed by atoms with Crippen LogP contribution in [-0.4, -0.2) is 22.6 Å². The lowest BCUT2D eigenvalue weighted by Gasteiger charge is -2.11. The van der Waals surface area contributed by atoms with Crippen LogP contribution < -0.4 is 9.47 Å². The summed E-state index contributed by atoms with van der Waals surface area (Å²) in [6.45, 7) is 0. The molecule has 8 heteroatoms. The van der Waals surface area contributed by atoms with E-state index >= 15 is 0 Å². The summed E-state index contributed by atoms with van der Waals surface area (Å²) in [5.74, 6) is 0.721.